The Morgan fingerprint density at radius 3 is 2.74 bits per heavy atom. The van der Waals surface area contributed by atoms with Gasteiger partial charge in [0, 0.05) is 25.5 Å². The third-order valence-corrected chi connectivity index (χ3v) is 5.27. The molecule has 0 saturated heterocycles. The Bertz CT molecular complexity index is 1250. The van der Waals surface area contributed by atoms with Gasteiger partial charge in [-0.3, -0.25) is 18.9 Å². The first-order valence-corrected chi connectivity index (χ1v) is 10.1. The lowest BCUT2D eigenvalue weighted by molar-refractivity contribution is -0.141. The molecule has 12 heteroatoms. The van der Waals surface area contributed by atoms with Gasteiger partial charge in [-0.2, -0.15) is 18.3 Å². The number of anilines is 1. The number of amides is 1. The molecule has 0 aromatic carbocycles. The molecule has 0 aliphatic carbocycles. The molecule has 1 amide bonds. The van der Waals surface area contributed by atoms with Crippen LogP contribution in [0.15, 0.2) is 47.9 Å². The number of hydrogen-bond donors (Lipinski definition) is 1. The van der Waals surface area contributed by atoms with Crippen LogP contribution in [-0.2, 0) is 13.2 Å². The van der Waals surface area contributed by atoms with E-state index in [0.717, 1.165) is 12.4 Å². The molecule has 0 saturated carbocycles. The third kappa shape index (κ3) is 4.10. The molecule has 0 atom stereocenters. The summed E-state index contributed by atoms with van der Waals surface area (Å²) in [5, 5.41) is 7.27. The minimum absolute atomic E-state index is 0.0921. The highest BCUT2D eigenvalue weighted by Gasteiger charge is 2.33. The van der Waals surface area contributed by atoms with E-state index < -0.39 is 17.8 Å². The molecular formula is C19H16F3N7OS. The summed E-state index contributed by atoms with van der Waals surface area (Å²) in [4.78, 5) is 25.0. The lowest BCUT2D eigenvalue weighted by Gasteiger charge is -2.07. The number of halogens is 3. The lowest BCUT2D eigenvalue weighted by atomic mass is 10.3. The molecule has 0 bridgehead atoms. The molecule has 0 radical (unpaired) electrons. The van der Waals surface area contributed by atoms with Crippen molar-refractivity contribution >= 4 is 29.1 Å². The van der Waals surface area contributed by atoms with Gasteiger partial charge in [0.05, 0.1) is 4.90 Å². The van der Waals surface area contributed by atoms with Crippen LogP contribution in [0.25, 0.3) is 17.0 Å². The topological polar surface area (TPSA) is 90.0 Å². The predicted octanol–water partition coefficient (Wildman–Crippen LogP) is 3.91. The van der Waals surface area contributed by atoms with Crippen LogP contribution in [0.4, 0.5) is 19.0 Å². The number of carbonyl (C=O) groups excluding carboxylic acids is 1. The number of pyridine rings is 1. The molecule has 1 N–H and O–H groups in total. The first-order valence-electron chi connectivity index (χ1n) is 9.12. The van der Waals surface area contributed by atoms with Crippen LogP contribution in [0.3, 0.4) is 0 Å². The molecule has 8 nitrogen and oxygen atoms in total. The quantitative estimate of drug-likeness (QED) is 0.467. The Morgan fingerprint density at radius 1 is 1.26 bits per heavy atom. The molecule has 31 heavy (non-hydrogen) atoms. The van der Waals surface area contributed by atoms with Gasteiger partial charge >= 0.3 is 6.18 Å². The summed E-state index contributed by atoms with van der Waals surface area (Å²) in [6.45, 7) is 1.94. The van der Waals surface area contributed by atoms with E-state index >= 15 is 0 Å². The Labute approximate surface area is 178 Å². The van der Waals surface area contributed by atoms with Crippen LogP contribution in [0.1, 0.15) is 23.1 Å². The van der Waals surface area contributed by atoms with Crippen LogP contribution in [0.2, 0.25) is 0 Å². The maximum Gasteiger partial charge on any atom is 0.433 e. The maximum atomic E-state index is 13.0. The first kappa shape index (κ1) is 20.8. The van der Waals surface area contributed by atoms with E-state index in [-0.39, 0.29) is 11.3 Å². The van der Waals surface area contributed by atoms with Crippen molar-refractivity contribution in [3.8, 4) is 11.4 Å². The van der Waals surface area contributed by atoms with Gasteiger partial charge in [-0.05, 0) is 17.9 Å². The van der Waals surface area contributed by atoms with Crippen LogP contribution in [0.5, 0.6) is 0 Å². The van der Waals surface area contributed by atoms with Gasteiger partial charge in [0.2, 0.25) is 0 Å². The highest BCUT2D eigenvalue weighted by atomic mass is 32.2. The van der Waals surface area contributed by atoms with E-state index in [0.29, 0.717) is 27.9 Å². The summed E-state index contributed by atoms with van der Waals surface area (Å²) in [5.41, 5.74) is 0.129. The Hall–Kier alpha value is -3.41. The van der Waals surface area contributed by atoms with E-state index in [9.17, 15) is 18.0 Å². The molecule has 0 aliphatic heterocycles. The Kier molecular flexibility index (Phi) is 5.39. The fraction of sp³-hybridized carbons (Fsp3) is 0.211. The van der Waals surface area contributed by atoms with Crippen LogP contribution in [-0.4, -0.2) is 40.8 Å². The average molecular weight is 447 g/mol. The van der Waals surface area contributed by atoms with Crippen molar-refractivity contribution in [2.45, 2.75) is 18.0 Å². The van der Waals surface area contributed by atoms with E-state index in [2.05, 4.69) is 25.4 Å². The number of aryl methyl sites for hydroxylation is 1. The first-order chi connectivity index (χ1) is 14.8. The number of hydrogen-bond acceptors (Lipinski definition) is 6. The van der Waals surface area contributed by atoms with Gasteiger partial charge in [0.1, 0.15) is 40.6 Å². The second kappa shape index (κ2) is 8.02. The minimum atomic E-state index is -4.56. The third-order valence-electron chi connectivity index (χ3n) is 4.30. The van der Waals surface area contributed by atoms with Gasteiger partial charge in [0.25, 0.3) is 5.91 Å². The average Bonchev–Trinajstić information content (AvgIpc) is 3.29. The Morgan fingerprint density at radius 2 is 2.06 bits per heavy atom. The summed E-state index contributed by atoms with van der Waals surface area (Å²) in [6.07, 6.45) is -0.431. The van der Waals surface area contributed by atoms with Gasteiger partial charge in [0.15, 0.2) is 0 Å². The number of nitrogens with zero attached hydrogens (tertiary/aromatic N) is 6. The number of thioether (sulfide) groups is 1. The molecular weight excluding hydrogens is 431 g/mol. The summed E-state index contributed by atoms with van der Waals surface area (Å²) < 4.78 is 41.8. The fourth-order valence-electron chi connectivity index (χ4n) is 2.92. The standard InChI is InChI=1S/C19H16F3N7OS/c1-3-31-16-15(12-9-29-10-24-13(19(20,21)22)8-14(29)25-12)27-28(2)17(16)26-18(30)11-6-4-5-7-23-11/h4-10H,3H2,1-2H3,(H,26,30). The van der Waals surface area contributed by atoms with Crippen molar-refractivity contribution in [1.29, 1.82) is 0 Å². The number of aromatic nitrogens is 6. The van der Waals surface area contributed by atoms with Gasteiger partial charge in [-0.15, -0.1) is 11.8 Å². The summed E-state index contributed by atoms with van der Waals surface area (Å²) in [6, 6.07) is 5.88. The molecule has 4 rings (SSSR count). The largest absolute Gasteiger partial charge is 0.433 e. The number of rotatable bonds is 5. The highest BCUT2D eigenvalue weighted by molar-refractivity contribution is 7.99. The van der Waals surface area contributed by atoms with Crippen LogP contribution < -0.4 is 5.32 Å². The molecule has 0 fully saturated rings. The van der Waals surface area contributed by atoms with Gasteiger partial charge < -0.3 is 5.32 Å². The smallest absolute Gasteiger partial charge is 0.304 e. The van der Waals surface area contributed by atoms with Crippen LogP contribution >= 0.6 is 11.8 Å². The van der Waals surface area contributed by atoms with Crippen LogP contribution in [0, 0.1) is 0 Å². The monoisotopic (exact) mass is 447 g/mol. The summed E-state index contributed by atoms with van der Waals surface area (Å²) >= 11 is 1.44. The van der Waals surface area contributed by atoms with Crippen molar-refractivity contribution in [3.63, 3.8) is 0 Å². The predicted molar refractivity (Wildman–Crippen MR) is 109 cm³/mol. The van der Waals surface area contributed by atoms with E-state index in [1.54, 1.807) is 31.4 Å². The number of carbonyl (C=O) groups is 1. The summed E-state index contributed by atoms with van der Waals surface area (Å²) in [5.74, 6) is 0.726. The molecule has 4 aromatic heterocycles. The Balaban J connectivity index is 1.75. The lowest BCUT2D eigenvalue weighted by Crippen LogP contribution is -2.16. The maximum absolute atomic E-state index is 13.0. The van der Waals surface area contributed by atoms with Crippen molar-refractivity contribution in [1.82, 2.24) is 29.1 Å². The molecule has 4 aromatic rings. The van der Waals surface area contributed by atoms with Crippen molar-refractivity contribution in [2.75, 3.05) is 11.1 Å². The van der Waals surface area contributed by atoms with E-state index in [4.69, 9.17) is 0 Å². The van der Waals surface area contributed by atoms with Gasteiger partial charge in [-0.1, -0.05) is 13.0 Å². The number of imidazole rings is 1. The number of alkyl halides is 3. The van der Waals surface area contributed by atoms with Crippen molar-refractivity contribution < 1.29 is 18.0 Å². The highest BCUT2D eigenvalue weighted by Crippen LogP contribution is 2.37. The van der Waals surface area contributed by atoms with Crippen molar-refractivity contribution in [2.24, 2.45) is 7.05 Å². The molecule has 4 heterocycles. The van der Waals surface area contributed by atoms with E-state index in [1.807, 2.05) is 6.92 Å². The zero-order chi connectivity index (χ0) is 22.2. The minimum Gasteiger partial charge on any atom is -0.304 e. The second-order valence-corrected chi connectivity index (χ2v) is 7.69. The summed E-state index contributed by atoms with van der Waals surface area (Å²) in [7, 11) is 1.66. The molecule has 0 aliphatic rings. The molecule has 0 unspecified atom stereocenters. The zero-order valence-electron chi connectivity index (χ0n) is 16.4. The number of fused-ring (bicyclic) bond motifs is 1. The molecule has 160 valence electrons. The normalized spacial score (nSPS) is 11.8. The fourth-order valence-corrected chi connectivity index (χ4v) is 3.81. The van der Waals surface area contributed by atoms with E-state index in [1.165, 1.54) is 27.0 Å². The zero-order valence-corrected chi connectivity index (χ0v) is 17.2. The van der Waals surface area contributed by atoms with Crippen molar-refractivity contribution in [3.05, 3.63) is 54.4 Å². The van der Waals surface area contributed by atoms with Gasteiger partial charge in [-0.25, -0.2) is 9.97 Å². The number of nitrogens with one attached hydrogen (secondary N) is 1. The SMILES string of the molecule is CCSc1c(-c2cn3cnc(C(F)(F)F)cc3n2)nn(C)c1NC(=O)c1ccccn1. The second-order valence-electron chi connectivity index (χ2n) is 6.42. The molecule has 0 spiro atoms.